The summed E-state index contributed by atoms with van der Waals surface area (Å²) >= 11 is 1.80. The molecule has 0 radical (unpaired) electrons. The smallest absolute Gasteiger partial charge is 0.327 e. The highest BCUT2D eigenvalue weighted by Crippen LogP contribution is 2.50. The number of benzene rings is 2. The molecule has 0 saturated carbocycles. The van der Waals surface area contributed by atoms with Gasteiger partial charge in [0, 0.05) is 29.7 Å². The number of rotatable bonds is 7. The number of nitrogens with one attached hydrogen (secondary N) is 1. The molecule has 1 unspecified atom stereocenters. The average Bonchev–Trinajstić information content (AvgIpc) is 3.29. The summed E-state index contributed by atoms with van der Waals surface area (Å²) in [6.07, 6.45) is 1.33. The number of fused-ring (bicyclic) bond motifs is 1. The van der Waals surface area contributed by atoms with E-state index in [9.17, 15) is 14.4 Å². The third-order valence-electron chi connectivity index (χ3n) is 6.90. The van der Waals surface area contributed by atoms with Crippen LogP contribution in [0.25, 0.3) is 0 Å². The number of likely N-dealkylation sites (tertiary alicyclic amines) is 1. The monoisotopic (exact) mass is 466 g/mol. The summed E-state index contributed by atoms with van der Waals surface area (Å²) in [5.74, 6) is -2.63. The van der Waals surface area contributed by atoms with Crippen LogP contribution in [-0.2, 0) is 25.5 Å². The van der Waals surface area contributed by atoms with Crippen LogP contribution in [0.2, 0.25) is 0 Å². The molecule has 0 aromatic heterocycles. The van der Waals surface area contributed by atoms with Crippen molar-refractivity contribution in [1.82, 2.24) is 10.2 Å². The molecule has 2 amide bonds. The summed E-state index contributed by atoms with van der Waals surface area (Å²) < 4.78 is 5.21. The summed E-state index contributed by atoms with van der Waals surface area (Å²) in [6.45, 7) is 4.35. The number of hydrogen-bond acceptors (Lipinski definition) is 6. The minimum absolute atomic E-state index is 0.257. The Morgan fingerprint density at radius 1 is 1.12 bits per heavy atom. The molecule has 1 N–H and O–H groups in total. The Kier molecular flexibility index (Phi) is 6.64. The van der Waals surface area contributed by atoms with Gasteiger partial charge in [0.25, 0.3) is 0 Å². The average molecular weight is 467 g/mol. The maximum Gasteiger partial charge on any atom is 0.327 e. The van der Waals surface area contributed by atoms with Crippen molar-refractivity contribution in [3.8, 4) is 0 Å². The lowest BCUT2D eigenvalue weighted by molar-refractivity contribution is -0.153. The maximum atomic E-state index is 13.3. The zero-order chi connectivity index (χ0) is 23.8. The number of amides is 2. The zero-order valence-corrected chi connectivity index (χ0v) is 20.2. The molecule has 0 aliphatic carbocycles. The van der Waals surface area contributed by atoms with Crippen LogP contribution in [0.1, 0.15) is 37.4 Å². The van der Waals surface area contributed by atoms with Gasteiger partial charge in [0.2, 0.25) is 11.8 Å². The molecule has 4 rings (SSSR count). The topological polar surface area (TPSA) is 75.7 Å². The molecule has 2 saturated heterocycles. The number of ether oxygens (including phenoxy) is 1. The maximum absolute atomic E-state index is 13.3. The van der Waals surface area contributed by atoms with Crippen LogP contribution in [-0.4, -0.2) is 47.6 Å². The van der Waals surface area contributed by atoms with Crippen LogP contribution in [0, 0.1) is 11.8 Å². The quantitative estimate of drug-likeness (QED) is 0.382. The second-order valence-electron chi connectivity index (χ2n) is 8.89. The van der Waals surface area contributed by atoms with Crippen molar-refractivity contribution in [2.24, 2.45) is 11.8 Å². The van der Waals surface area contributed by atoms with E-state index < -0.39 is 29.4 Å². The van der Waals surface area contributed by atoms with E-state index in [1.165, 1.54) is 19.1 Å². The van der Waals surface area contributed by atoms with Crippen molar-refractivity contribution in [2.45, 2.75) is 48.4 Å². The van der Waals surface area contributed by atoms with Crippen molar-refractivity contribution in [3.05, 3.63) is 65.7 Å². The van der Waals surface area contributed by atoms with Gasteiger partial charge in [-0.1, -0.05) is 56.3 Å². The van der Waals surface area contributed by atoms with Gasteiger partial charge in [-0.25, -0.2) is 0 Å². The largest absolute Gasteiger partial charge is 0.468 e. The SMILES string of the molecule is CCC(C)Sc1ccc([C@H]2N[C@@](Cc3ccccc3)(C(=O)OC)[C@H]3C(=O)N(C)C(=O)[C@@H]23)cc1. The molecule has 2 aliphatic rings. The molecule has 33 heavy (non-hydrogen) atoms. The van der Waals surface area contributed by atoms with Gasteiger partial charge in [0.15, 0.2) is 0 Å². The third-order valence-corrected chi connectivity index (χ3v) is 8.18. The van der Waals surface area contributed by atoms with E-state index >= 15 is 0 Å². The van der Waals surface area contributed by atoms with Crippen LogP contribution >= 0.6 is 11.8 Å². The van der Waals surface area contributed by atoms with E-state index in [1.807, 2.05) is 54.6 Å². The number of carbonyl (C=O) groups is 3. The fourth-order valence-electron chi connectivity index (χ4n) is 5.03. The lowest BCUT2D eigenvalue weighted by Crippen LogP contribution is -2.57. The molecule has 7 heteroatoms. The first-order chi connectivity index (χ1) is 15.8. The van der Waals surface area contributed by atoms with Gasteiger partial charge in [-0.3, -0.25) is 24.6 Å². The number of nitrogens with zero attached hydrogens (tertiary/aromatic N) is 1. The highest BCUT2D eigenvalue weighted by molar-refractivity contribution is 7.99. The van der Waals surface area contributed by atoms with Crippen LogP contribution in [0.3, 0.4) is 0 Å². The molecule has 174 valence electrons. The first-order valence-electron chi connectivity index (χ1n) is 11.3. The van der Waals surface area contributed by atoms with Crippen LogP contribution in [0.5, 0.6) is 0 Å². The molecule has 5 atom stereocenters. The molecular formula is C26H30N2O4S. The lowest BCUT2D eigenvalue weighted by atomic mass is 9.76. The highest BCUT2D eigenvalue weighted by atomic mass is 32.2. The van der Waals surface area contributed by atoms with E-state index in [0.29, 0.717) is 5.25 Å². The predicted octanol–water partition coefficient (Wildman–Crippen LogP) is 3.61. The van der Waals surface area contributed by atoms with Crippen molar-refractivity contribution >= 4 is 29.5 Å². The van der Waals surface area contributed by atoms with Crippen LogP contribution in [0.15, 0.2) is 59.5 Å². The Morgan fingerprint density at radius 3 is 2.39 bits per heavy atom. The van der Waals surface area contributed by atoms with Gasteiger partial charge in [0.05, 0.1) is 18.9 Å². The van der Waals surface area contributed by atoms with Gasteiger partial charge in [-0.05, 0) is 29.7 Å². The minimum Gasteiger partial charge on any atom is -0.468 e. The van der Waals surface area contributed by atoms with Crippen LogP contribution < -0.4 is 5.32 Å². The molecule has 6 nitrogen and oxygen atoms in total. The number of hydrogen-bond donors (Lipinski definition) is 1. The molecule has 2 aliphatic heterocycles. The second-order valence-corrected chi connectivity index (χ2v) is 10.4. The van der Waals surface area contributed by atoms with Gasteiger partial charge in [-0.15, -0.1) is 11.8 Å². The minimum atomic E-state index is -1.33. The predicted molar refractivity (Wildman–Crippen MR) is 128 cm³/mol. The summed E-state index contributed by atoms with van der Waals surface area (Å²) in [7, 11) is 2.82. The van der Waals surface area contributed by atoms with E-state index in [0.717, 1.165) is 22.4 Å². The van der Waals surface area contributed by atoms with Crippen molar-refractivity contribution < 1.29 is 19.1 Å². The molecule has 2 aromatic rings. The lowest BCUT2D eigenvalue weighted by Gasteiger charge is -2.32. The molecule has 2 aromatic carbocycles. The van der Waals surface area contributed by atoms with Crippen molar-refractivity contribution in [3.63, 3.8) is 0 Å². The Hall–Kier alpha value is -2.64. The number of imide groups is 1. The Bertz CT molecular complexity index is 1040. The van der Waals surface area contributed by atoms with Crippen molar-refractivity contribution in [2.75, 3.05) is 14.2 Å². The summed E-state index contributed by atoms with van der Waals surface area (Å²) in [5, 5.41) is 3.93. The Balaban J connectivity index is 1.76. The molecule has 0 spiro atoms. The molecule has 0 bridgehead atoms. The van der Waals surface area contributed by atoms with E-state index in [4.69, 9.17) is 4.74 Å². The highest BCUT2D eigenvalue weighted by Gasteiger charge is 2.68. The number of methoxy groups -OCH3 is 1. The number of esters is 1. The fourth-order valence-corrected chi connectivity index (χ4v) is 5.95. The van der Waals surface area contributed by atoms with Gasteiger partial charge < -0.3 is 4.74 Å². The Morgan fingerprint density at radius 2 is 1.79 bits per heavy atom. The Labute approximate surface area is 199 Å². The molecule has 2 fully saturated rings. The van der Waals surface area contributed by atoms with Gasteiger partial charge >= 0.3 is 5.97 Å². The summed E-state index contributed by atoms with van der Waals surface area (Å²) in [4.78, 5) is 42.0. The normalized spacial score (nSPS) is 27.5. The first kappa shape index (κ1) is 23.5. The van der Waals surface area contributed by atoms with Gasteiger partial charge in [-0.2, -0.15) is 0 Å². The molecule has 2 heterocycles. The van der Waals surface area contributed by atoms with Gasteiger partial charge in [0.1, 0.15) is 5.54 Å². The summed E-state index contributed by atoms with van der Waals surface area (Å²) in [5.41, 5.74) is 0.450. The van der Waals surface area contributed by atoms with Crippen LogP contribution in [0.4, 0.5) is 0 Å². The van der Waals surface area contributed by atoms with E-state index in [1.54, 1.807) is 11.8 Å². The fraction of sp³-hybridized carbons (Fsp3) is 0.423. The van der Waals surface area contributed by atoms with E-state index in [2.05, 4.69) is 19.2 Å². The molecular weight excluding hydrogens is 436 g/mol. The van der Waals surface area contributed by atoms with Crippen molar-refractivity contribution in [1.29, 1.82) is 0 Å². The summed E-state index contributed by atoms with van der Waals surface area (Å²) in [6, 6.07) is 17.1. The zero-order valence-electron chi connectivity index (χ0n) is 19.4. The third kappa shape index (κ3) is 4.08. The van der Waals surface area contributed by atoms with E-state index in [-0.39, 0.29) is 18.2 Å². The standard InChI is InChI=1S/C26H30N2O4S/c1-5-16(2)33-19-13-11-18(12-14-19)22-20-21(24(30)28(3)23(20)29)26(27-22,25(31)32-4)15-17-9-7-6-8-10-17/h6-14,16,20-22,27H,5,15H2,1-4H3/t16?,20-,21-,22-,26-/m1/s1. The second kappa shape index (κ2) is 9.31. The number of carbonyl (C=O) groups excluding carboxylic acids is 3. The first-order valence-corrected chi connectivity index (χ1v) is 12.2. The number of thioether (sulfide) groups is 1.